The van der Waals surface area contributed by atoms with Gasteiger partial charge in [0.15, 0.2) is 0 Å². The molecule has 0 spiro atoms. The molecule has 34 heavy (non-hydrogen) atoms. The second kappa shape index (κ2) is 12.8. The number of nitrogens with zero attached hydrogens (tertiary/aromatic N) is 4. The lowest BCUT2D eigenvalue weighted by molar-refractivity contribution is 0.0886. The maximum atomic E-state index is 13.6. The number of halogens is 2. The zero-order valence-electron chi connectivity index (χ0n) is 19.4. The molecule has 0 bridgehead atoms. The predicted molar refractivity (Wildman–Crippen MR) is 130 cm³/mol. The monoisotopic (exact) mass is 507 g/mol. The van der Waals surface area contributed by atoms with Crippen LogP contribution in [0, 0.1) is 11.7 Å². The number of nitrogens with one attached hydrogen (secondary N) is 1. The third-order valence-corrected chi connectivity index (χ3v) is 5.85. The number of thioether (sulfide) groups is 1. The predicted octanol–water partition coefficient (Wildman–Crippen LogP) is 5.79. The molecule has 1 saturated heterocycles. The van der Waals surface area contributed by atoms with Gasteiger partial charge in [-0.25, -0.2) is 14.4 Å². The Kier molecular flexibility index (Phi) is 9.82. The SMILES string of the molecule is CC1COC/C(=C\Nc2ncc(Cl)cn2)C1.COC(C)c1nc(-c2ccc(SC)c(F)c2)no1. The molecule has 1 aliphatic rings. The summed E-state index contributed by atoms with van der Waals surface area (Å²) in [7, 11) is 1.56. The standard InChI is InChI=1S/C12H13FN2O2S.C11H14ClN3O/c1-7(16-2)12-14-11(15-17-12)8-4-5-10(18-3)9(13)6-8;1-8-2-9(7-16-6-8)3-13-11-14-4-10(12)5-15-11/h4-7H,1-3H3;3-5,8H,2,6-7H2,1H3,(H,13,14,15)/b;9-3-. The Labute approximate surface area is 207 Å². The molecule has 2 aromatic heterocycles. The van der Waals surface area contributed by atoms with Crippen LogP contribution in [0.25, 0.3) is 11.4 Å². The van der Waals surface area contributed by atoms with Gasteiger partial charge in [-0.1, -0.05) is 23.7 Å². The first-order valence-corrected chi connectivity index (χ1v) is 12.2. The first-order valence-electron chi connectivity index (χ1n) is 10.6. The topological polar surface area (TPSA) is 95.2 Å². The van der Waals surface area contributed by atoms with Gasteiger partial charge in [0.2, 0.25) is 11.8 Å². The Bertz CT molecular complexity index is 1100. The van der Waals surface area contributed by atoms with Gasteiger partial charge in [0.05, 0.1) is 24.0 Å². The first kappa shape index (κ1) is 26.1. The van der Waals surface area contributed by atoms with Crippen LogP contribution in [0.1, 0.15) is 32.3 Å². The lowest BCUT2D eigenvalue weighted by Crippen LogP contribution is -2.17. The van der Waals surface area contributed by atoms with Crippen LogP contribution in [0.3, 0.4) is 0 Å². The smallest absolute Gasteiger partial charge is 0.255 e. The average Bonchev–Trinajstić information content (AvgIpc) is 3.34. The highest BCUT2D eigenvalue weighted by molar-refractivity contribution is 7.98. The molecule has 2 unspecified atom stereocenters. The van der Waals surface area contributed by atoms with Gasteiger partial charge in [0.25, 0.3) is 5.89 Å². The second-order valence-electron chi connectivity index (χ2n) is 7.68. The molecule has 1 aliphatic heterocycles. The van der Waals surface area contributed by atoms with E-state index in [1.54, 1.807) is 38.6 Å². The number of ether oxygens (including phenoxy) is 2. The van der Waals surface area contributed by atoms with E-state index in [1.165, 1.54) is 23.4 Å². The van der Waals surface area contributed by atoms with Crippen molar-refractivity contribution in [2.75, 3.05) is 31.9 Å². The van der Waals surface area contributed by atoms with Gasteiger partial charge in [-0.05, 0) is 49.3 Å². The molecule has 2 atom stereocenters. The summed E-state index contributed by atoms with van der Waals surface area (Å²) in [4.78, 5) is 12.8. The molecule has 4 rings (SSSR count). The summed E-state index contributed by atoms with van der Waals surface area (Å²) in [5, 5.41) is 7.39. The highest BCUT2D eigenvalue weighted by Gasteiger charge is 2.15. The Morgan fingerprint density at radius 3 is 2.74 bits per heavy atom. The van der Waals surface area contributed by atoms with Crippen LogP contribution in [-0.2, 0) is 9.47 Å². The van der Waals surface area contributed by atoms with Gasteiger partial charge < -0.3 is 19.3 Å². The number of hydrogen-bond acceptors (Lipinski definition) is 9. The number of benzene rings is 1. The fourth-order valence-corrected chi connectivity index (χ4v) is 3.59. The minimum Gasteiger partial charge on any atom is -0.377 e. The molecule has 0 radical (unpaired) electrons. The Hall–Kier alpha value is -2.53. The van der Waals surface area contributed by atoms with Crippen molar-refractivity contribution in [1.29, 1.82) is 0 Å². The molecular formula is C23H27ClFN5O3S. The van der Waals surface area contributed by atoms with Crippen LogP contribution >= 0.6 is 23.4 Å². The normalized spacial score (nSPS) is 17.7. The number of hydrogen-bond donors (Lipinski definition) is 1. The fraction of sp³-hybridized carbons (Fsp3) is 0.391. The summed E-state index contributed by atoms with van der Waals surface area (Å²) < 4.78 is 29.2. The van der Waals surface area contributed by atoms with E-state index in [2.05, 4.69) is 32.3 Å². The van der Waals surface area contributed by atoms with Crippen LogP contribution in [0.4, 0.5) is 10.3 Å². The van der Waals surface area contributed by atoms with E-state index >= 15 is 0 Å². The number of anilines is 1. The number of methoxy groups -OCH3 is 1. The van der Waals surface area contributed by atoms with E-state index < -0.39 is 0 Å². The lowest BCUT2D eigenvalue weighted by atomic mass is 10.0. The van der Waals surface area contributed by atoms with Crippen molar-refractivity contribution in [3.8, 4) is 11.4 Å². The number of rotatable bonds is 6. The van der Waals surface area contributed by atoms with Crippen molar-refractivity contribution in [1.82, 2.24) is 20.1 Å². The summed E-state index contributed by atoms with van der Waals surface area (Å²) in [6.07, 6.45) is 7.65. The molecule has 0 aliphatic carbocycles. The van der Waals surface area contributed by atoms with E-state index in [4.69, 9.17) is 25.6 Å². The molecule has 0 saturated carbocycles. The summed E-state index contributed by atoms with van der Waals surface area (Å²) in [6, 6.07) is 4.87. The van der Waals surface area contributed by atoms with Crippen molar-refractivity contribution < 1.29 is 18.4 Å². The van der Waals surface area contributed by atoms with Crippen molar-refractivity contribution in [2.45, 2.75) is 31.3 Å². The fourth-order valence-electron chi connectivity index (χ4n) is 3.03. The second-order valence-corrected chi connectivity index (χ2v) is 8.96. The van der Waals surface area contributed by atoms with Gasteiger partial charge >= 0.3 is 0 Å². The molecule has 1 N–H and O–H groups in total. The van der Waals surface area contributed by atoms with Gasteiger partial charge in [0, 0.05) is 30.4 Å². The maximum absolute atomic E-state index is 13.6. The summed E-state index contributed by atoms with van der Waals surface area (Å²) >= 11 is 7.05. The van der Waals surface area contributed by atoms with Crippen molar-refractivity contribution in [2.24, 2.45) is 5.92 Å². The Morgan fingerprint density at radius 2 is 2.09 bits per heavy atom. The Balaban J connectivity index is 0.000000192. The third kappa shape index (κ3) is 7.49. The third-order valence-electron chi connectivity index (χ3n) is 4.88. The number of aromatic nitrogens is 4. The minimum absolute atomic E-state index is 0.276. The van der Waals surface area contributed by atoms with E-state index in [0.717, 1.165) is 13.0 Å². The average molecular weight is 508 g/mol. The van der Waals surface area contributed by atoms with Crippen molar-refractivity contribution in [3.63, 3.8) is 0 Å². The highest BCUT2D eigenvalue weighted by Crippen LogP contribution is 2.25. The van der Waals surface area contributed by atoms with E-state index in [1.807, 2.05) is 12.5 Å². The molecular weight excluding hydrogens is 481 g/mol. The summed E-state index contributed by atoms with van der Waals surface area (Å²) in [6.45, 7) is 5.50. The molecule has 11 heteroatoms. The zero-order valence-corrected chi connectivity index (χ0v) is 21.0. The lowest BCUT2D eigenvalue weighted by Gasteiger charge is -2.20. The zero-order chi connectivity index (χ0) is 24.5. The van der Waals surface area contributed by atoms with Crippen LogP contribution in [-0.4, -0.2) is 46.7 Å². The largest absolute Gasteiger partial charge is 0.377 e. The molecule has 8 nitrogen and oxygen atoms in total. The minimum atomic E-state index is -0.286. The summed E-state index contributed by atoms with van der Waals surface area (Å²) in [5.41, 5.74) is 1.82. The van der Waals surface area contributed by atoms with Crippen LogP contribution < -0.4 is 5.32 Å². The highest BCUT2D eigenvalue weighted by atomic mass is 35.5. The molecule has 1 fully saturated rings. The Morgan fingerprint density at radius 1 is 1.32 bits per heavy atom. The van der Waals surface area contributed by atoms with Crippen LogP contribution in [0.15, 0.2) is 51.8 Å². The summed E-state index contributed by atoms with van der Waals surface area (Å²) in [5.74, 6) is 1.58. The van der Waals surface area contributed by atoms with Crippen molar-refractivity contribution >= 4 is 29.3 Å². The van der Waals surface area contributed by atoms with E-state index in [-0.39, 0.29) is 11.9 Å². The molecule has 0 amide bonds. The van der Waals surface area contributed by atoms with E-state index in [9.17, 15) is 4.39 Å². The van der Waals surface area contributed by atoms with Gasteiger partial charge in [0.1, 0.15) is 11.9 Å². The first-order chi connectivity index (χ1) is 16.4. The van der Waals surface area contributed by atoms with E-state index in [0.29, 0.717) is 45.7 Å². The molecule has 3 heterocycles. The van der Waals surface area contributed by atoms with Gasteiger partial charge in [-0.2, -0.15) is 4.98 Å². The van der Waals surface area contributed by atoms with Gasteiger partial charge in [-0.15, -0.1) is 11.8 Å². The van der Waals surface area contributed by atoms with Crippen LogP contribution in [0.5, 0.6) is 0 Å². The molecule has 182 valence electrons. The molecule has 3 aromatic rings. The van der Waals surface area contributed by atoms with Crippen molar-refractivity contribution in [3.05, 3.63) is 59.1 Å². The quantitative estimate of drug-likeness (QED) is 0.416. The molecule has 1 aromatic carbocycles. The van der Waals surface area contributed by atoms with Crippen LogP contribution in [0.2, 0.25) is 5.02 Å². The van der Waals surface area contributed by atoms with Gasteiger partial charge in [-0.3, -0.25) is 0 Å². The maximum Gasteiger partial charge on any atom is 0.255 e.